The van der Waals surface area contributed by atoms with E-state index in [-0.39, 0.29) is 5.91 Å². The van der Waals surface area contributed by atoms with Gasteiger partial charge in [-0.3, -0.25) is 4.79 Å². The Morgan fingerprint density at radius 3 is 2.45 bits per heavy atom. The van der Waals surface area contributed by atoms with Crippen LogP contribution in [0.1, 0.15) is 20.8 Å². The van der Waals surface area contributed by atoms with Crippen molar-refractivity contribution in [3.05, 3.63) is 0 Å². The smallest absolute Gasteiger partial charge is 0.219 e. The molecular formula is C8H16N2O. The van der Waals surface area contributed by atoms with Gasteiger partial charge in [0.05, 0.1) is 0 Å². The van der Waals surface area contributed by atoms with Gasteiger partial charge in [-0.1, -0.05) is 13.8 Å². The molecule has 0 spiro atoms. The molecule has 1 heterocycles. The lowest BCUT2D eigenvalue weighted by molar-refractivity contribution is -0.133. The lowest BCUT2D eigenvalue weighted by Crippen LogP contribution is -2.60. The first-order valence-electron chi connectivity index (χ1n) is 4.11. The van der Waals surface area contributed by atoms with E-state index in [9.17, 15) is 4.79 Å². The second kappa shape index (κ2) is 3.22. The van der Waals surface area contributed by atoms with Gasteiger partial charge in [-0.15, -0.1) is 0 Å². The number of nitrogens with zero attached hydrogens (tertiary/aromatic N) is 1. The van der Waals surface area contributed by atoms with Crippen LogP contribution in [-0.4, -0.2) is 36.0 Å². The number of likely N-dealkylation sites (tertiary alicyclic amines) is 1. The lowest BCUT2D eigenvalue weighted by Gasteiger charge is -2.40. The van der Waals surface area contributed by atoms with Gasteiger partial charge >= 0.3 is 0 Å². The van der Waals surface area contributed by atoms with Gasteiger partial charge in [-0.05, 0) is 0 Å². The first kappa shape index (κ1) is 8.53. The maximum absolute atomic E-state index is 10.8. The van der Waals surface area contributed by atoms with Crippen LogP contribution >= 0.6 is 0 Å². The van der Waals surface area contributed by atoms with Crippen molar-refractivity contribution in [2.45, 2.75) is 32.9 Å². The normalized spacial score (nSPS) is 18.7. The van der Waals surface area contributed by atoms with Crippen LogP contribution in [0.4, 0.5) is 0 Å². The number of amides is 1. The Balaban J connectivity index is 2.14. The zero-order chi connectivity index (χ0) is 8.43. The number of nitrogens with one attached hydrogen (secondary N) is 1. The maximum Gasteiger partial charge on any atom is 0.219 e. The highest BCUT2D eigenvalue weighted by atomic mass is 16.2. The number of rotatable bonds is 2. The summed E-state index contributed by atoms with van der Waals surface area (Å²) in [5.74, 6) is 0.187. The molecule has 1 amide bonds. The molecule has 1 saturated heterocycles. The van der Waals surface area contributed by atoms with Crippen molar-refractivity contribution >= 4 is 5.91 Å². The monoisotopic (exact) mass is 156 g/mol. The van der Waals surface area contributed by atoms with Gasteiger partial charge in [0.15, 0.2) is 0 Å². The van der Waals surface area contributed by atoms with Crippen molar-refractivity contribution in [2.24, 2.45) is 0 Å². The fourth-order valence-electron chi connectivity index (χ4n) is 1.31. The van der Waals surface area contributed by atoms with Crippen molar-refractivity contribution < 1.29 is 4.79 Å². The van der Waals surface area contributed by atoms with Crippen LogP contribution in [0.25, 0.3) is 0 Å². The van der Waals surface area contributed by atoms with Gasteiger partial charge < -0.3 is 10.2 Å². The molecule has 64 valence electrons. The largest absolute Gasteiger partial charge is 0.340 e. The van der Waals surface area contributed by atoms with Gasteiger partial charge in [0.1, 0.15) is 0 Å². The van der Waals surface area contributed by atoms with E-state index in [1.807, 2.05) is 4.90 Å². The second-order valence-corrected chi connectivity index (χ2v) is 3.44. The summed E-state index contributed by atoms with van der Waals surface area (Å²) in [6, 6.07) is 1.05. The molecule has 0 atom stereocenters. The van der Waals surface area contributed by atoms with E-state index in [1.54, 1.807) is 6.92 Å². The molecule has 0 aliphatic carbocycles. The SMILES string of the molecule is CC(=O)N1CC(NC(C)C)C1. The van der Waals surface area contributed by atoms with E-state index in [1.165, 1.54) is 0 Å². The Bertz CT molecular complexity index is 150. The molecule has 11 heavy (non-hydrogen) atoms. The Kier molecular flexibility index (Phi) is 2.49. The van der Waals surface area contributed by atoms with E-state index in [2.05, 4.69) is 19.2 Å². The van der Waals surface area contributed by atoms with Crippen LogP contribution in [-0.2, 0) is 4.79 Å². The first-order valence-corrected chi connectivity index (χ1v) is 4.11. The second-order valence-electron chi connectivity index (χ2n) is 3.44. The molecule has 1 rings (SSSR count). The number of hydrogen-bond acceptors (Lipinski definition) is 2. The highest BCUT2D eigenvalue weighted by Crippen LogP contribution is 2.07. The molecule has 1 aliphatic rings. The highest BCUT2D eigenvalue weighted by Gasteiger charge is 2.28. The topological polar surface area (TPSA) is 32.3 Å². The quantitative estimate of drug-likeness (QED) is 0.620. The van der Waals surface area contributed by atoms with Crippen LogP contribution in [0.2, 0.25) is 0 Å². The van der Waals surface area contributed by atoms with Crippen LogP contribution in [0.3, 0.4) is 0 Å². The van der Waals surface area contributed by atoms with Gasteiger partial charge in [0, 0.05) is 32.1 Å². The molecule has 0 unspecified atom stereocenters. The zero-order valence-corrected chi connectivity index (χ0v) is 7.42. The van der Waals surface area contributed by atoms with Crippen LogP contribution in [0.5, 0.6) is 0 Å². The number of hydrogen-bond donors (Lipinski definition) is 1. The van der Waals surface area contributed by atoms with Crippen LogP contribution < -0.4 is 5.32 Å². The Morgan fingerprint density at radius 2 is 2.09 bits per heavy atom. The molecule has 0 aromatic rings. The van der Waals surface area contributed by atoms with Crippen molar-refractivity contribution in [2.75, 3.05) is 13.1 Å². The molecule has 0 saturated carbocycles. The molecule has 3 heteroatoms. The van der Waals surface area contributed by atoms with Gasteiger partial charge in [0.25, 0.3) is 0 Å². The van der Waals surface area contributed by atoms with E-state index < -0.39 is 0 Å². The summed E-state index contributed by atoms with van der Waals surface area (Å²) >= 11 is 0. The van der Waals surface area contributed by atoms with Crippen molar-refractivity contribution in [3.63, 3.8) is 0 Å². The lowest BCUT2D eigenvalue weighted by atomic mass is 10.1. The van der Waals surface area contributed by atoms with Gasteiger partial charge in [0.2, 0.25) is 5.91 Å². The summed E-state index contributed by atoms with van der Waals surface area (Å²) in [5.41, 5.74) is 0. The molecule has 1 fully saturated rings. The average molecular weight is 156 g/mol. The zero-order valence-electron chi connectivity index (χ0n) is 7.42. The van der Waals surface area contributed by atoms with E-state index >= 15 is 0 Å². The van der Waals surface area contributed by atoms with Crippen LogP contribution in [0.15, 0.2) is 0 Å². The van der Waals surface area contributed by atoms with E-state index in [0.29, 0.717) is 12.1 Å². The number of carbonyl (C=O) groups excluding carboxylic acids is 1. The summed E-state index contributed by atoms with van der Waals surface area (Å²) < 4.78 is 0. The highest BCUT2D eigenvalue weighted by molar-refractivity contribution is 5.74. The molecule has 1 N–H and O–H groups in total. The van der Waals surface area contributed by atoms with Gasteiger partial charge in [-0.25, -0.2) is 0 Å². The molecule has 1 aliphatic heterocycles. The molecule has 0 bridgehead atoms. The maximum atomic E-state index is 10.8. The first-order chi connectivity index (χ1) is 5.09. The van der Waals surface area contributed by atoms with Crippen LogP contribution in [0, 0.1) is 0 Å². The Labute approximate surface area is 67.8 Å². The standard InChI is InChI=1S/C8H16N2O/c1-6(2)9-8-4-10(5-8)7(3)11/h6,8-9H,4-5H2,1-3H3. The fourth-order valence-corrected chi connectivity index (χ4v) is 1.31. The van der Waals surface area contributed by atoms with Crippen molar-refractivity contribution in [3.8, 4) is 0 Å². The van der Waals surface area contributed by atoms with Gasteiger partial charge in [-0.2, -0.15) is 0 Å². The summed E-state index contributed by atoms with van der Waals surface area (Å²) in [7, 11) is 0. The number of carbonyl (C=O) groups is 1. The molecular weight excluding hydrogens is 140 g/mol. The third kappa shape index (κ3) is 2.19. The predicted molar refractivity (Wildman–Crippen MR) is 44.3 cm³/mol. The van der Waals surface area contributed by atoms with Crippen molar-refractivity contribution in [1.29, 1.82) is 0 Å². The predicted octanol–water partition coefficient (Wildman–Crippen LogP) is 0.215. The fraction of sp³-hybridized carbons (Fsp3) is 0.875. The molecule has 0 aromatic heterocycles. The molecule has 0 radical (unpaired) electrons. The summed E-state index contributed by atoms with van der Waals surface area (Å²) in [4.78, 5) is 12.6. The molecule has 0 aromatic carbocycles. The minimum absolute atomic E-state index is 0.187. The average Bonchev–Trinajstić information content (AvgIpc) is 1.75. The van der Waals surface area contributed by atoms with E-state index in [0.717, 1.165) is 13.1 Å². The summed E-state index contributed by atoms with van der Waals surface area (Å²) in [6.45, 7) is 7.62. The Hall–Kier alpha value is -0.570. The summed E-state index contributed by atoms with van der Waals surface area (Å²) in [5, 5.41) is 3.37. The minimum atomic E-state index is 0.187. The van der Waals surface area contributed by atoms with Crippen molar-refractivity contribution in [1.82, 2.24) is 10.2 Å². The third-order valence-electron chi connectivity index (χ3n) is 1.90. The summed E-state index contributed by atoms with van der Waals surface area (Å²) in [6.07, 6.45) is 0. The minimum Gasteiger partial charge on any atom is -0.340 e. The Morgan fingerprint density at radius 1 is 1.55 bits per heavy atom. The van der Waals surface area contributed by atoms with E-state index in [4.69, 9.17) is 0 Å². The third-order valence-corrected chi connectivity index (χ3v) is 1.90. The molecule has 3 nitrogen and oxygen atoms in total.